The van der Waals surface area contributed by atoms with Gasteiger partial charge in [0.15, 0.2) is 17.4 Å². The van der Waals surface area contributed by atoms with Gasteiger partial charge in [-0.25, -0.2) is 8.78 Å². The van der Waals surface area contributed by atoms with Crippen LogP contribution in [0.25, 0.3) is 0 Å². The van der Waals surface area contributed by atoms with E-state index in [-0.39, 0.29) is 23.2 Å². The quantitative estimate of drug-likeness (QED) is 0.785. The summed E-state index contributed by atoms with van der Waals surface area (Å²) < 4.78 is 26.7. The molecule has 1 fully saturated rings. The minimum Gasteiger partial charge on any atom is -0.303 e. The predicted molar refractivity (Wildman–Crippen MR) is 79.3 cm³/mol. The lowest BCUT2D eigenvalue weighted by atomic mass is 9.80. The summed E-state index contributed by atoms with van der Waals surface area (Å²) in [7, 11) is 0. The zero-order valence-corrected chi connectivity index (χ0v) is 13.0. The van der Waals surface area contributed by atoms with Crippen LogP contribution in [0.15, 0.2) is 18.2 Å². The third-order valence-corrected chi connectivity index (χ3v) is 4.40. The third kappa shape index (κ3) is 3.88. The van der Waals surface area contributed by atoms with Gasteiger partial charge in [0, 0.05) is 19.5 Å². The van der Waals surface area contributed by atoms with Crippen molar-refractivity contribution in [1.82, 2.24) is 4.90 Å². The molecule has 2 rings (SSSR count). The van der Waals surface area contributed by atoms with Crippen molar-refractivity contribution in [2.75, 3.05) is 19.6 Å². The van der Waals surface area contributed by atoms with E-state index in [0.29, 0.717) is 12.5 Å². The van der Waals surface area contributed by atoms with Gasteiger partial charge in [-0.3, -0.25) is 4.79 Å². The Morgan fingerprint density at radius 3 is 2.67 bits per heavy atom. The number of Topliss-reactive ketones (excluding diaryl/α,β-unsaturated/α-hetero) is 1. The van der Waals surface area contributed by atoms with E-state index in [1.54, 1.807) is 0 Å². The molecule has 0 aliphatic carbocycles. The van der Waals surface area contributed by atoms with E-state index in [9.17, 15) is 13.6 Å². The molecule has 0 amide bonds. The molecule has 0 N–H and O–H groups in total. The molecular formula is C17H23F2NO. The molecule has 0 radical (unpaired) electrons. The normalized spacial score (nSPS) is 20.0. The van der Waals surface area contributed by atoms with Gasteiger partial charge in [0.1, 0.15) is 0 Å². The van der Waals surface area contributed by atoms with Crippen molar-refractivity contribution in [3.05, 3.63) is 35.4 Å². The van der Waals surface area contributed by atoms with Crippen LogP contribution in [-0.4, -0.2) is 30.3 Å². The number of likely N-dealkylation sites (tertiary alicyclic amines) is 1. The Hall–Kier alpha value is -1.29. The molecule has 116 valence electrons. The van der Waals surface area contributed by atoms with Gasteiger partial charge in [-0.15, -0.1) is 0 Å². The Morgan fingerprint density at radius 2 is 2.05 bits per heavy atom. The van der Waals surface area contributed by atoms with Crippen LogP contribution in [0.2, 0.25) is 0 Å². The summed E-state index contributed by atoms with van der Waals surface area (Å²) in [5, 5.41) is 0. The summed E-state index contributed by atoms with van der Waals surface area (Å²) in [5.74, 6) is -1.70. The van der Waals surface area contributed by atoms with E-state index < -0.39 is 11.6 Å². The summed E-state index contributed by atoms with van der Waals surface area (Å²) in [6.07, 6.45) is 1.36. The second-order valence-corrected chi connectivity index (χ2v) is 6.93. The zero-order chi connectivity index (χ0) is 15.6. The fraction of sp³-hybridized carbons (Fsp3) is 0.588. The van der Waals surface area contributed by atoms with Crippen LogP contribution in [-0.2, 0) is 0 Å². The maximum atomic E-state index is 13.6. The monoisotopic (exact) mass is 295 g/mol. The Labute approximate surface area is 125 Å². The van der Waals surface area contributed by atoms with Crippen molar-refractivity contribution in [3.63, 3.8) is 0 Å². The minimum absolute atomic E-state index is 0.137. The van der Waals surface area contributed by atoms with Gasteiger partial charge in [-0.1, -0.05) is 26.8 Å². The summed E-state index contributed by atoms with van der Waals surface area (Å²) >= 11 is 0. The zero-order valence-electron chi connectivity index (χ0n) is 13.0. The number of benzene rings is 1. The van der Waals surface area contributed by atoms with E-state index in [0.717, 1.165) is 25.6 Å². The fourth-order valence-corrected chi connectivity index (χ4v) is 2.86. The summed E-state index contributed by atoms with van der Waals surface area (Å²) in [6, 6.07) is 3.75. The summed E-state index contributed by atoms with van der Waals surface area (Å²) in [5.41, 5.74) is 0.134. The first kappa shape index (κ1) is 16.1. The van der Waals surface area contributed by atoms with Crippen molar-refractivity contribution in [3.8, 4) is 0 Å². The number of nitrogens with zero attached hydrogens (tertiary/aromatic N) is 1. The molecule has 1 aliphatic heterocycles. The van der Waals surface area contributed by atoms with Gasteiger partial charge in [0.05, 0.1) is 5.56 Å². The largest absolute Gasteiger partial charge is 0.303 e. The first-order chi connectivity index (χ1) is 9.79. The molecule has 1 aromatic rings. The molecule has 0 bridgehead atoms. The van der Waals surface area contributed by atoms with Crippen molar-refractivity contribution < 1.29 is 13.6 Å². The van der Waals surface area contributed by atoms with E-state index in [1.807, 2.05) is 0 Å². The van der Waals surface area contributed by atoms with Crippen molar-refractivity contribution in [2.24, 2.45) is 11.3 Å². The van der Waals surface area contributed by atoms with Gasteiger partial charge in [0.25, 0.3) is 0 Å². The van der Waals surface area contributed by atoms with E-state index in [1.165, 1.54) is 12.1 Å². The number of rotatable bonds is 4. The first-order valence-corrected chi connectivity index (χ1v) is 7.48. The SMILES string of the molecule is CC(C)(C)C1CCN(CCC(=O)c2cccc(F)c2F)C1. The fourth-order valence-electron chi connectivity index (χ4n) is 2.86. The lowest BCUT2D eigenvalue weighted by Crippen LogP contribution is -2.27. The van der Waals surface area contributed by atoms with Crippen LogP contribution in [0.5, 0.6) is 0 Å². The summed E-state index contributed by atoms with van der Waals surface area (Å²) in [6.45, 7) is 9.25. The number of hydrogen-bond donors (Lipinski definition) is 0. The number of carbonyl (C=O) groups excluding carboxylic acids is 1. The molecule has 1 heterocycles. The smallest absolute Gasteiger partial charge is 0.169 e. The molecule has 4 heteroatoms. The highest BCUT2D eigenvalue weighted by molar-refractivity contribution is 5.96. The molecule has 21 heavy (non-hydrogen) atoms. The van der Waals surface area contributed by atoms with E-state index in [2.05, 4.69) is 25.7 Å². The molecular weight excluding hydrogens is 272 g/mol. The Kier molecular flexibility index (Phi) is 4.77. The highest BCUT2D eigenvalue weighted by atomic mass is 19.2. The molecule has 1 atom stereocenters. The molecule has 1 aromatic carbocycles. The van der Waals surface area contributed by atoms with Crippen LogP contribution in [0.1, 0.15) is 44.0 Å². The molecule has 1 saturated heterocycles. The topological polar surface area (TPSA) is 20.3 Å². The highest BCUT2D eigenvalue weighted by Gasteiger charge is 2.31. The van der Waals surface area contributed by atoms with E-state index >= 15 is 0 Å². The Balaban J connectivity index is 1.89. The molecule has 1 aliphatic rings. The Morgan fingerprint density at radius 1 is 1.33 bits per heavy atom. The maximum Gasteiger partial charge on any atom is 0.169 e. The maximum absolute atomic E-state index is 13.6. The van der Waals surface area contributed by atoms with Crippen molar-refractivity contribution in [2.45, 2.75) is 33.6 Å². The standard InChI is InChI=1S/C17H23F2NO/c1-17(2,3)12-7-9-20(11-12)10-8-15(21)13-5-4-6-14(18)16(13)19/h4-6,12H,7-11H2,1-3H3. The van der Waals surface area contributed by atoms with E-state index in [4.69, 9.17) is 0 Å². The molecule has 2 nitrogen and oxygen atoms in total. The lowest BCUT2D eigenvalue weighted by molar-refractivity contribution is 0.0962. The average Bonchev–Trinajstić information content (AvgIpc) is 2.88. The average molecular weight is 295 g/mol. The highest BCUT2D eigenvalue weighted by Crippen LogP contribution is 2.33. The van der Waals surface area contributed by atoms with Crippen LogP contribution in [0.4, 0.5) is 8.78 Å². The first-order valence-electron chi connectivity index (χ1n) is 7.48. The van der Waals surface area contributed by atoms with Gasteiger partial charge < -0.3 is 4.90 Å². The van der Waals surface area contributed by atoms with Crippen LogP contribution in [0, 0.1) is 23.0 Å². The van der Waals surface area contributed by atoms with Gasteiger partial charge >= 0.3 is 0 Å². The van der Waals surface area contributed by atoms with Crippen LogP contribution < -0.4 is 0 Å². The molecule has 0 saturated carbocycles. The molecule has 0 spiro atoms. The lowest BCUT2D eigenvalue weighted by Gasteiger charge is -2.27. The minimum atomic E-state index is -1.03. The molecule has 1 unspecified atom stereocenters. The van der Waals surface area contributed by atoms with Crippen LogP contribution >= 0.6 is 0 Å². The number of hydrogen-bond acceptors (Lipinski definition) is 2. The van der Waals surface area contributed by atoms with Gasteiger partial charge in [0.2, 0.25) is 0 Å². The molecule has 0 aromatic heterocycles. The van der Waals surface area contributed by atoms with Crippen molar-refractivity contribution >= 4 is 5.78 Å². The number of carbonyl (C=O) groups is 1. The second kappa shape index (κ2) is 6.22. The predicted octanol–water partition coefficient (Wildman–Crippen LogP) is 3.91. The second-order valence-electron chi connectivity index (χ2n) is 6.93. The number of halogens is 2. The van der Waals surface area contributed by atoms with Gasteiger partial charge in [-0.2, -0.15) is 0 Å². The Bertz CT molecular complexity index is 522. The van der Waals surface area contributed by atoms with Gasteiger partial charge in [-0.05, 0) is 36.4 Å². The third-order valence-electron chi connectivity index (χ3n) is 4.40. The summed E-state index contributed by atoms with van der Waals surface area (Å²) in [4.78, 5) is 14.3. The van der Waals surface area contributed by atoms with Crippen molar-refractivity contribution in [1.29, 1.82) is 0 Å². The van der Waals surface area contributed by atoms with Crippen LogP contribution in [0.3, 0.4) is 0 Å². The number of ketones is 1.